The van der Waals surface area contributed by atoms with Crippen molar-refractivity contribution in [3.8, 4) is 0 Å². The molecule has 4 nitrogen and oxygen atoms in total. The van der Waals surface area contributed by atoms with Gasteiger partial charge in [0.15, 0.2) is 0 Å². The van der Waals surface area contributed by atoms with Gasteiger partial charge in [0.05, 0.1) is 11.4 Å². The fourth-order valence-corrected chi connectivity index (χ4v) is 3.27. The van der Waals surface area contributed by atoms with Crippen LogP contribution in [-0.2, 0) is 10.0 Å². The molecule has 0 spiro atoms. The van der Waals surface area contributed by atoms with E-state index in [-0.39, 0.29) is 11.4 Å². The molecule has 0 amide bonds. The quantitative estimate of drug-likeness (QED) is 0.827. The van der Waals surface area contributed by atoms with Gasteiger partial charge >= 0.3 is 0 Å². The summed E-state index contributed by atoms with van der Waals surface area (Å²) in [5, 5.41) is 0. The van der Waals surface area contributed by atoms with Crippen LogP contribution in [-0.4, -0.2) is 8.42 Å². The lowest BCUT2D eigenvalue weighted by Crippen LogP contribution is -2.16. The van der Waals surface area contributed by atoms with Crippen LogP contribution in [0.2, 0.25) is 0 Å². The van der Waals surface area contributed by atoms with Crippen LogP contribution < -0.4 is 10.5 Å². The Balaban J connectivity index is 2.46. The van der Waals surface area contributed by atoms with Crippen molar-refractivity contribution >= 4 is 37.3 Å². The molecule has 0 radical (unpaired) electrons. The highest BCUT2D eigenvalue weighted by Gasteiger charge is 2.20. The summed E-state index contributed by atoms with van der Waals surface area (Å²) in [6, 6.07) is 8.74. The Morgan fingerprint density at radius 2 is 1.95 bits per heavy atom. The third-order valence-electron chi connectivity index (χ3n) is 2.72. The summed E-state index contributed by atoms with van der Waals surface area (Å²) in [7, 11) is -4.03. The van der Waals surface area contributed by atoms with Gasteiger partial charge in [-0.3, -0.25) is 4.72 Å². The Hall–Kier alpha value is -1.60. The number of aryl methyl sites for hydroxylation is 1. The largest absolute Gasteiger partial charge is 0.397 e. The minimum Gasteiger partial charge on any atom is -0.397 e. The third kappa shape index (κ3) is 2.94. The Kier molecular flexibility index (Phi) is 4.01. The van der Waals surface area contributed by atoms with Gasteiger partial charge in [0, 0.05) is 4.47 Å². The molecule has 0 aromatic heterocycles. The zero-order valence-corrected chi connectivity index (χ0v) is 12.9. The van der Waals surface area contributed by atoms with Gasteiger partial charge in [0.25, 0.3) is 10.0 Å². The second-order valence-electron chi connectivity index (χ2n) is 4.22. The van der Waals surface area contributed by atoms with Crippen molar-refractivity contribution in [3.63, 3.8) is 0 Å². The molecule has 0 saturated heterocycles. The van der Waals surface area contributed by atoms with Crippen LogP contribution in [0.5, 0.6) is 0 Å². The van der Waals surface area contributed by atoms with E-state index in [4.69, 9.17) is 5.73 Å². The zero-order valence-electron chi connectivity index (χ0n) is 10.5. The minimum atomic E-state index is -4.03. The molecule has 2 rings (SSSR count). The van der Waals surface area contributed by atoms with Crippen LogP contribution >= 0.6 is 15.9 Å². The normalized spacial score (nSPS) is 11.3. The first-order valence-electron chi connectivity index (χ1n) is 5.64. The van der Waals surface area contributed by atoms with Gasteiger partial charge in [-0.2, -0.15) is 0 Å². The summed E-state index contributed by atoms with van der Waals surface area (Å²) >= 11 is 3.08. The average Bonchev–Trinajstić information content (AvgIpc) is 2.33. The first-order chi connectivity index (χ1) is 9.31. The van der Waals surface area contributed by atoms with Crippen molar-refractivity contribution in [1.29, 1.82) is 0 Å². The molecule has 0 atom stereocenters. The summed E-state index contributed by atoms with van der Waals surface area (Å²) in [4.78, 5) is -0.427. The van der Waals surface area contributed by atoms with Gasteiger partial charge in [0.2, 0.25) is 0 Å². The number of sulfonamides is 1. The number of rotatable bonds is 3. The lowest BCUT2D eigenvalue weighted by molar-refractivity contribution is 0.570. The van der Waals surface area contributed by atoms with E-state index in [9.17, 15) is 12.8 Å². The number of halogens is 2. The van der Waals surface area contributed by atoms with E-state index < -0.39 is 20.7 Å². The van der Waals surface area contributed by atoms with Crippen LogP contribution in [0.1, 0.15) is 5.56 Å². The van der Waals surface area contributed by atoms with E-state index >= 15 is 0 Å². The fourth-order valence-electron chi connectivity index (χ4n) is 1.71. The number of hydrogen-bond acceptors (Lipinski definition) is 3. The number of nitrogens with one attached hydrogen (secondary N) is 1. The van der Waals surface area contributed by atoms with Crippen molar-refractivity contribution in [2.24, 2.45) is 0 Å². The average molecular weight is 359 g/mol. The molecule has 0 aliphatic heterocycles. The Morgan fingerprint density at radius 3 is 2.55 bits per heavy atom. The number of hydrogen-bond donors (Lipinski definition) is 2. The first-order valence-corrected chi connectivity index (χ1v) is 7.92. The number of nitrogen functional groups attached to an aromatic ring is 1. The monoisotopic (exact) mass is 358 g/mol. The molecule has 3 N–H and O–H groups in total. The van der Waals surface area contributed by atoms with Crippen LogP contribution in [0.15, 0.2) is 45.8 Å². The van der Waals surface area contributed by atoms with E-state index in [1.165, 1.54) is 12.1 Å². The maximum Gasteiger partial charge on any atom is 0.264 e. The summed E-state index contributed by atoms with van der Waals surface area (Å²) < 4.78 is 41.0. The Labute approximate surface area is 125 Å². The zero-order chi connectivity index (χ0) is 14.9. The molecule has 7 heteroatoms. The number of para-hydroxylation sites is 1. The van der Waals surface area contributed by atoms with Crippen LogP contribution in [0.4, 0.5) is 15.8 Å². The van der Waals surface area contributed by atoms with Crippen molar-refractivity contribution in [2.75, 3.05) is 10.5 Å². The molecule has 0 heterocycles. The predicted octanol–water partition coefficient (Wildman–Crippen LogP) is 3.28. The highest BCUT2D eigenvalue weighted by molar-refractivity contribution is 9.10. The summed E-state index contributed by atoms with van der Waals surface area (Å²) in [6.07, 6.45) is 0. The molecule has 0 bridgehead atoms. The van der Waals surface area contributed by atoms with E-state index in [0.717, 1.165) is 6.07 Å². The molecule has 2 aromatic rings. The van der Waals surface area contributed by atoms with E-state index in [2.05, 4.69) is 20.7 Å². The molecule has 0 aliphatic carbocycles. The smallest absolute Gasteiger partial charge is 0.264 e. The molecule has 0 unspecified atom stereocenters. The van der Waals surface area contributed by atoms with E-state index in [1.807, 2.05) is 0 Å². The molecule has 0 aliphatic rings. The summed E-state index contributed by atoms with van der Waals surface area (Å²) in [5.74, 6) is -0.834. The van der Waals surface area contributed by atoms with Crippen molar-refractivity contribution in [1.82, 2.24) is 0 Å². The number of nitrogens with two attached hydrogens (primary N) is 1. The lowest BCUT2D eigenvalue weighted by atomic mass is 10.2. The topological polar surface area (TPSA) is 72.2 Å². The third-order valence-corrected chi connectivity index (χ3v) is 4.60. The molecule has 0 saturated carbocycles. The van der Waals surface area contributed by atoms with Gasteiger partial charge in [0.1, 0.15) is 10.7 Å². The van der Waals surface area contributed by atoms with Gasteiger partial charge in [-0.25, -0.2) is 12.8 Å². The van der Waals surface area contributed by atoms with Crippen molar-refractivity contribution < 1.29 is 12.8 Å². The number of anilines is 2. The maximum atomic E-state index is 13.8. The van der Waals surface area contributed by atoms with Gasteiger partial charge in [-0.05, 0) is 36.8 Å². The molecular formula is C13H12BrFN2O2S. The van der Waals surface area contributed by atoms with Gasteiger partial charge in [-0.15, -0.1) is 0 Å². The van der Waals surface area contributed by atoms with Crippen LogP contribution in [0.25, 0.3) is 0 Å². The fraction of sp³-hybridized carbons (Fsp3) is 0.0769. The highest BCUT2D eigenvalue weighted by atomic mass is 79.9. The standard InChI is InChI=1S/C13H12BrFN2O2S/c1-8-3-2-4-11(16)13(8)17-20(18,19)12-6-5-9(14)7-10(12)15/h2-7,17H,16H2,1H3. The molecular weight excluding hydrogens is 347 g/mol. The Morgan fingerprint density at radius 1 is 1.25 bits per heavy atom. The highest BCUT2D eigenvalue weighted by Crippen LogP contribution is 2.27. The van der Waals surface area contributed by atoms with Gasteiger partial charge in [-0.1, -0.05) is 28.1 Å². The van der Waals surface area contributed by atoms with Gasteiger partial charge < -0.3 is 5.73 Å². The van der Waals surface area contributed by atoms with Crippen molar-refractivity contribution in [2.45, 2.75) is 11.8 Å². The van der Waals surface area contributed by atoms with Crippen LogP contribution in [0, 0.1) is 12.7 Å². The SMILES string of the molecule is Cc1cccc(N)c1NS(=O)(=O)c1ccc(Br)cc1F. The Bertz CT molecular complexity index is 743. The molecule has 0 fully saturated rings. The van der Waals surface area contributed by atoms with E-state index in [0.29, 0.717) is 10.0 Å². The van der Waals surface area contributed by atoms with Crippen LogP contribution in [0.3, 0.4) is 0 Å². The van der Waals surface area contributed by atoms with E-state index in [1.54, 1.807) is 25.1 Å². The minimum absolute atomic E-state index is 0.259. The second-order valence-corrected chi connectivity index (χ2v) is 6.79. The summed E-state index contributed by atoms with van der Waals surface area (Å²) in [5.41, 5.74) is 6.94. The second kappa shape index (κ2) is 5.41. The first kappa shape index (κ1) is 14.8. The molecule has 106 valence electrons. The molecule has 20 heavy (non-hydrogen) atoms. The lowest BCUT2D eigenvalue weighted by Gasteiger charge is -2.13. The molecule has 2 aromatic carbocycles. The predicted molar refractivity (Wildman–Crippen MR) is 80.5 cm³/mol. The number of benzene rings is 2. The maximum absolute atomic E-state index is 13.8. The van der Waals surface area contributed by atoms with Crippen molar-refractivity contribution in [3.05, 3.63) is 52.3 Å². The summed E-state index contributed by atoms with van der Waals surface area (Å²) in [6.45, 7) is 1.71.